The number of carbonyl (C=O) groups is 1. The number of aromatic nitrogens is 1. The quantitative estimate of drug-likeness (QED) is 0.556. The Balaban J connectivity index is 1.56. The zero-order valence-electron chi connectivity index (χ0n) is 16.5. The lowest BCUT2D eigenvalue weighted by Gasteiger charge is -2.37. The summed E-state index contributed by atoms with van der Waals surface area (Å²) in [6.07, 6.45) is 1.55. The number of carbonyl (C=O) groups excluding carboxylic acids is 1. The van der Waals surface area contributed by atoms with Gasteiger partial charge in [-0.25, -0.2) is 0 Å². The average molecular weight is 394 g/mol. The highest BCUT2D eigenvalue weighted by atomic mass is 16.2. The van der Waals surface area contributed by atoms with Crippen LogP contribution in [0.3, 0.4) is 0 Å². The molecule has 4 nitrogen and oxygen atoms in total. The fourth-order valence-corrected chi connectivity index (χ4v) is 4.43. The Morgan fingerprint density at radius 2 is 1.67 bits per heavy atom. The molecule has 1 atom stereocenters. The van der Waals surface area contributed by atoms with Crippen LogP contribution in [0.5, 0.6) is 0 Å². The largest absolute Gasteiger partial charge is 0.330 e. The number of benzene rings is 3. The van der Waals surface area contributed by atoms with E-state index in [1.54, 1.807) is 12.1 Å². The Hall–Kier alpha value is -3.66. The average Bonchev–Trinajstić information content (AvgIpc) is 2.79. The van der Waals surface area contributed by atoms with Crippen molar-refractivity contribution in [2.45, 2.75) is 18.9 Å². The molecule has 30 heavy (non-hydrogen) atoms. The number of amides is 1. The molecule has 4 heteroatoms. The van der Waals surface area contributed by atoms with Crippen molar-refractivity contribution in [3.63, 3.8) is 0 Å². The summed E-state index contributed by atoms with van der Waals surface area (Å²) in [5, 5.41) is 1.38. The fraction of sp³-hybridized carbons (Fsp3) is 0.154. The molecule has 0 bridgehead atoms. The Labute approximate surface area is 174 Å². The SMILES string of the molecule is O=C(c1cc2ccccc2c(=O)[nH]1)N1CCc2ccccc2[C@@H]1Cc1ccccc1. The van der Waals surface area contributed by atoms with Crippen molar-refractivity contribution in [2.75, 3.05) is 6.54 Å². The lowest BCUT2D eigenvalue weighted by molar-refractivity contribution is 0.0654. The van der Waals surface area contributed by atoms with Crippen LogP contribution in [-0.4, -0.2) is 22.3 Å². The third-order valence-corrected chi connectivity index (χ3v) is 5.93. The number of nitrogens with one attached hydrogen (secondary N) is 1. The first-order valence-electron chi connectivity index (χ1n) is 10.3. The molecule has 148 valence electrons. The molecule has 1 amide bonds. The van der Waals surface area contributed by atoms with Gasteiger partial charge in [-0.3, -0.25) is 9.59 Å². The molecule has 1 aromatic heterocycles. The second-order valence-electron chi connectivity index (χ2n) is 7.75. The van der Waals surface area contributed by atoms with E-state index in [0.29, 0.717) is 17.6 Å². The number of pyridine rings is 1. The van der Waals surface area contributed by atoms with Gasteiger partial charge in [-0.2, -0.15) is 0 Å². The maximum Gasteiger partial charge on any atom is 0.270 e. The van der Waals surface area contributed by atoms with Crippen LogP contribution in [0.2, 0.25) is 0 Å². The van der Waals surface area contributed by atoms with Crippen molar-refractivity contribution >= 4 is 16.7 Å². The molecule has 3 aromatic carbocycles. The van der Waals surface area contributed by atoms with Gasteiger partial charge in [0.1, 0.15) is 5.69 Å². The predicted molar refractivity (Wildman–Crippen MR) is 119 cm³/mol. The Bertz CT molecular complexity index is 1280. The summed E-state index contributed by atoms with van der Waals surface area (Å²) in [6.45, 7) is 0.627. The molecule has 0 aliphatic carbocycles. The van der Waals surface area contributed by atoms with Gasteiger partial charge in [0.2, 0.25) is 0 Å². The van der Waals surface area contributed by atoms with E-state index in [1.807, 2.05) is 47.4 Å². The number of hydrogen-bond acceptors (Lipinski definition) is 2. The number of fused-ring (bicyclic) bond motifs is 2. The summed E-state index contributed by atoms with van der Waals surface area (Å²) in [7, 11) is 0. The molecular weight excluding hydrogens is 372 g/mol. The van der Waals surface area contributed by atoms with E-state index in [4.69, 9.17) is 0 Å². The van der Waals surface area contributed by atoms with Gasteiger partial charge in [0.25, 0.3) is 11.5 Å². The second-order valence-corrected chi connectivity index (χ2v) is 7.75. The van der Waals surface area contributed by atoms with Crippen LogP contribution in [0.15, 0.2) is 89.7 Å². The van der Waals surface area contributed by atoms with Crippen LogP contribution >= 0.6 is 0 Å². The van der Waals surface area contributed by atoms with Gasteiger partial charge in [-0.1, -0.05) is 72.8 Å². The molecule has 0 unspecified atom stereocenters. The summed E-state index contributed by atoms with van der Waals surface area (Å²) in [5.41, 5.74) is 3.77. The summed E-state index contributed by atoms with van der Waals surface area (Å²) < 4.78 is 0. The first-order chi connectivity index (χ1) is 14.7. The molecule has 0 radical (unpaired) electrons. The molecule has 1 aliphatic rings. The monoisotopic (exact) mass is 394 g/mol. The smallest absolute Gasteiger partial charge is 0.270 e. The summed E-state index contributed by atoms with van der Waals surface area (Å²) >= 11 is 0. The minimum absolute atomic E-state index is 0.0696. The zero-order chi connectivity index (χ0) is 20.5. The molecule has 0 spiro atoms. The minimum atomic E-state index is -0.228. The number of H-pyrrole nitrogens is 1. The summed E-state index contributed by atoms with van der Waals surface area (Å²) in [4.78, 5) is 30.8. The zero-order valence-corrected chi connectivity index (χ0v) is 16.5. The van der Waals surface area contributed by atoms with Gasteiger partial charge in [0, 0.05) is 11.9 Å². The third kappa shape index (κ3) is 3.30. The van der Waals surface area contributed by atoms with E-state index in [0.717, 1.165) is 18.2 Å². The van der Waals surface area contributed by atoms with Crippen LogP contribution in [-0.2, 0) is 12.8 Å². The molecule has 4 aromatic rings. The molecule has 0 saturated heterocycles. The van der Waals surface area contributed by atoms with Gasteiger partial charge in [-0.15, -0.1) is 0 Å². The van der Waals surface area contributed by atoms with E-state index in [2.05, 4.69) is 35.3 Å². The lowest BCUT2D eigenvalue weighted by Crippen LogP contribution is -2.41. The van der Waals surface area contributed by atoms with Crippen LogP contribution in [0.4, 0.5) is 0 Å². The van der Waals surface area contributed by atoms with Crippen molar-refractivity contribution in [1.82, 2.24) is 9.88 Å². The normalized spacial score (nSPS) is 15.7. The maximum absolute atomic E-state index is 13.6. The highest BCUT2D eigenvalue weighted by Gasteiger charge is 2.31. The molecule has 0 fully saturated rings. The summed E-state index contributed by atoms with van der Waals surface area (Å²) in [6, 6.07) is 27.7. The van der Waals surface area contributed by atoms with Crippen LogP contribution in [0.25, 0.3) is 10.8 Å². The van der Waals surface area contributed by atoms with E-state index >= 15 is 0 Å². The molecule has 2 heterocycles. The Morgan fingerprint density at radius 1 is 0.933 bits per heavy atom. The lowest BCUT2D eigenvalue weighted by atomic mass is 9.88. The number of hydrogen-bond donors (Lipinski definition) is 1. The Morgan fingerprint density at radius 3 is 2.53 bits per heavy atom. The predicted octanol–water partition coefficient (Wildman–Crippen LogP) is 4.51. The van der Waals surface area contributed by atoms with E-state index in [1.165, 1.54) is 16.7 Å². The standard InChI is InChI=1S/C26H22N2O2/c29-25-22-13-7-5-11-20(22)17-23(27-25)26(30)28-15-14-19-10-4-6-12-21(19)24(28)16-18-8-2-1-3-9-18/h1-13,17,24H,14-16H2,(H,27,29)/t24-/m0/s1. The highest BCUT2D eigenvalue weighted by Crippen LogP contribution is 2.33. The molecule has 1 aliphatic heterocycles. The van der Waals surface area contributed by atoms with Gasteiger partial charge < -0.3 is 9.88 Å². The topological polar surface area (TPSA) is 53.2 Å². The Kier molecular flexibility index (Phi) is 4.68. The van der Waals surface area contributed by atoms with Crippen molar-refractivity contribution in [3.8, 4) is 0 Å². The molecule has 0 saturated carbocycles. The van der Waals surface area contributed by atoms with Gasteiger partial charge >= 0.3 is 0 Å². The van der Waals surface area contributed by atoms with Gasteiger partial charge in [-0.05, 0) is 47.1 Å². The molecule has 1 N–H and O–H groups in total. The second kappa shape index (κ2) is 7.64. The number of rotatable bonds is 3. The number of nitrogens with zero attached hydrogens (tertiary/aromatic N) is 1. The van der Waals surface area contributed by atoms with Crippen molar-refractivity contribution in [2.24, 2.45) is 0 Å². The van der Waals surface area contributed by atoms with E-state index in [9.17, 15) is 9.59 Å². The van der Waals surface area contributed by atoms with Crippen LogP contribution in [0.1, 0.15) is 33.2 Å². The highest BCUT2D eigenvalue weighted by molar-refractivity contribution is 5.96. The van der Waals surface area contributed by atoms with E-state index in [-0.39, 0.29) is 17.5 Å². The molecule has 5 rings (SSSR count). The first kappa shape index (κ1) is 18.4. The maximum atomic E-state index is 13.6. The van der Waals surface area contributed by atoms with Crippen molar-refractivity contribution in [1.29, 1.82) is 0 Å². The molecular formula is C26H22N2O2. The minimum Gasteiger partial charge on any atom is -0.330 e. The third-order valence-electron chi connectivity index (χ3n) is 5.93. The van der Waals surface area contributed by atoms with Crippen LogP contribution in [0, 0.1) is 0 Å². The van der Waals surface area contributed by atoms with Gasteiger partial charge in [0.15, 0.2) is 0 Å². The van der Waals surface area contributed by atoms with Crippen molar-refractivity contribution < 1.29 is 4.79 Å². The van der Waals surface area contributed by atoms with Gasteiger partial charge in [0.05, 0.1) is 6.04 Å². The summed E-state index contributed by atoms with van der Waals surface area (Å²) in [5.74, 6) is -0.131. The fourth-order valence-electron chi connectivity index (χ4n) is 4.43. The van der Waals surface area contributed by atoms with Crippen LogP contribution < -0.4 is 5.56 Å². The van der Waals surface area contributed by atoms with Crippen molar-refractivity contribution in [3.05, 3.63) is 118 Å². The first-order valence-corrected chi connectivity index (χ1v) is 10.3. The number of aromatic amines is 1. The van der Waals surface area contributed by atoms with E-state index < -0.39 is 0 Å².